The van der Waals surface area contributed by atoms with E-state index >= 15 is 0 Å². The normalized spacial score (nSPS) is 11.6. The van der Waals surface area contributed by atoms with E-state index in [-0.39, 0.29) is 28.1 Å². The Morgan fingerprint density at radius 2 is 1.96 bits per heavy atom. The maximum Gasteiger partial charge on any atom is 0.291 e. The van der Waals surface area contributed by atoms with Gasteiger partial charge in [0.15, 0.2) is 0 Å². The average molecular weight is 335 g/mol. The van der Waals surface area contributed by atoms with Gasteiger partial charge in [-0.05, 0) is 18.6 Å². The Hall–Kier alpha value is -2.60. The van der Waals surface area contributed by atoms with Crippen molar-refractivity contribution in [3.8, 4) is 5.75 Å². The van der Waals surface area contributed by atoms with Crippen molar-refractivity contribution < 1.29 is 14.5 Å². The average Bonchev–Trinajstić information content (AvgIpc) is 2.54. The van der Waals surface area contributed by atoms with Crippen LogP contribution < -0.4 is 10.1 Å². The largest absolute Gasteiger partial charge is 0.494 e. The number of amides is 1. The Kier molecular flexibility index (Phi) is 5.18. The number of nitrogens with zero attached hydrogens (tertiary/aromatic N) is 1. The van der Waals surface area contributed by atoms with Crippen LogP contribution in [0, 0.1) is 10.1 Å². The van der Waals surface area contributed by atoms with Crippen molar-refractivity contribution in [2.24, 2.45) is 0 Å². The summed E-state index contributed by atoms with van der Waals surface area (Å²) in [6.45, 7) is 1.77. The second-order valence-corrected chi connectivity index (χ2v) is 5.29. The van der Waals surface area contributed by atoms with Crippen LogP contribution in [0.5, 0.6) is 5.75 Å². The van der Waals surface area contributed by atoms with E-state index in [1.807, 2.05) is 30.3 Å². The van der Waals surface area contributed by atoms with Gasteiger partial charge in [-0.15, -0.1) is 0 Å². The second kappa shape index (κ2) is 7.11. The molecule has 0 bridgehead atoms. The van der Waals surface area contributed by atoms with Crippen LogP contribution in [0.25, 0.3) is 0 Å². The fourth-order valence-corrected chi connectivity index (χ4v) is 2.32. The van der Waals surface area contributed by atoms with E-state index in [9.17, 15) is 14.9 Å². The summed E-state index contributed by atoms with van der Waals surface area (Å²) >= 11 is 5.88. The first kappa shape index (κ1) is 16.8. The van der Waals surface area contributed by atoms with Crippen molar-refractivity contribution in [2.75, 3.05) is 12.4 Å². The van der Waals surface area contributed by atoms with E-state index < -0.39 is 10.8 Å². The van der Waals surface area contributed by atoms with Crippen LogP contribution in [-0.4, -0.2) is 17.9 Å². The summed E-state index contributed by atoms with van der Waals surface area (Å²) in [6.07, 6.45) is 0. The molecule has 23 heavy (non-hydrogen) atoms. The Morgan fingerprint density at radius 3 is 2.52 bits per heavy atom. The van der Waals surface area contributed by atoms with Crippen LogP contribution in [-0.2, 0) is 4.79 Å². The molecule has 1 N–H and O–H groups in total. The smallest absolute Gasteiger partial charge is 0.291 e. The van der Waals surface area contributed by atoms with Gasteiger partial charge >= 0.3 is 0 Å². The Morgan fingerprint density at radius 1 is 1.30 bits per heavy atom. The molecule has 6 nitrogen and oxygen atoms in total. The molecule has 7 heteroatoms. The lowest BCUT2D eigenvalue weighted by Crippen LogP contribution is -2.19. The van der Waals surface area contributed by atoms with Crippen molar-refractivity contribution in [2.45, 2.75) is 12.8 Å². The van der Waals surface area contributed by atoms with Gasteiger partial charge in [0, 0.05) is 0 Å². The highest BCUT2D eigenvalue weighted by atomic mass is 35.5. The van der Waals surface area contributed by atoms with E-state index in [0.29, 0.717) is 0 Å². The third kappa shape index (κ3) is 3.78. The molecule has 0 saturated heterocycles. The number of carbonyl (C=O) groups excluding carboxylic acids is 1. The third-order valence-corrected chi connectivity index (χ3v) is 3.72. The predicted octanol–water partition coefficient (Wildman–Crippen LogP) is 4.00. The highest BCUT2D eigenvalue weighted by molar-refractivity contribution is 6.33. The zero-order valence-electron chi connectivity index (χ0n) is 12.6. The Balaban J connectivity index is 2.27. The van der Waals surface area contributed by atoms with Gasteiger partial charge in [-0.2, -0.15) is 0 Å². The molecule has 0 aliphatic rings. The van der Waals surface area contributed by atoms with E-state index in [1.165, 1.54) is 19.2 Å². The predicted molar refractivity (Wildman–Crippen MR) is 88.1 cm³/mol. The van der Waals surface area contributed by atoms with Gasteiger partial charge in [0.2, 0.25) is 5.91 Å². The van der Waals surface area contributed by atoms with Crippen molar-refractivity contribution >= 4 is 28.9 Å². The van der Waals surface area contributed by atoms with E-state index in [1.54, 1.807) is 6.92 Å². The molecule has 0 radical (unpaired) electrons. The number of nitro benzene ring substituents is 1. The minimum absolute atomic E-state index is 0.0709. The fraction of sp³-hybridized carbons (Fsp3) is 0.188. The van der Waals surface area contributed by atoms with Crippen LogP contribution >= 0.6 is 11.6 Å². The lowest BCUT2D eigenvalue weighted by molar-refractivity contribution is -0.384. The van der Waals surface area contributed by atoms with E-state index in [2.05, 4.69) is 5.32 Å². The lowest BCUT2D eigenvalue weighted by Gasteiger charge is -2.15. The van der Waals surface area contributed by atoms with Gasteiger partial charge in [0.1, 0.15) is 10.8 Å². The molecule has 1 atom stereocenters. The molecule has 0 heterocycles. The monoisotopic (exact) mass is 334 g/mol. The zero-order chi connectivity index (χ0) is 17.0. The highest BCUT2D eigenvalue weighted by Crippen LogP contribution is 2.36. The van der Waals surface area contributed by atoms with Crippen molar-refractivity contribution in [1.82, 2.24) is 0 Å². The number of hydrogen-bond donors (Lipinski definition) is 1. The van der Waals surface area contributed by atoms with Gasteiger partial charge < -0.3 is 10.1 Å². The molecular weight excluding hydrogens is 320 g/mol. The van der Waals surface area contributed by atoms with Crippen LogP contribution in [0.2, 0.25) is 5.02 Å². The quantitative estimate of drug-likeness (QED) is 0.662. The number of methoxy groups -OCH3 is 1. The molecule has 1 unspecified atom stereocenters. The first-order valence-electron chi connectivity index (χ1n) is 6.81. The topological polar surface area (TPSA) is 81.5 Å². The molecule has 0 aliphatic heterocycles. The van der Waals surface area contributed by atoms with Crippen LogP contribution in [0.1, 0.15) is 18.4 Å². The highest BCUT2D eigenvalue weighted by Gasteiger charge is 2.21. The molecule has 120 valence electrons. The van der Waals surface area contributed by atoms with Gasteiger partial charge in [0.05, 0.1) is 29.7 Å². The fourth-order valence-electron chi connectivity index (χ4n) is 2.08. The number of hydrogen-bond acceptors (Lipinski definition) is 4. The molecule has 0 saturated carbocycles. The number of rotatable bonds is 5. The number of carbonyl (C=O) groups is 1. The zero-order valence-corrected chi connectivity index (χ0v) is 13.3. The standard InChI is InChI=1S/C16H15ClN2O4/c1-10(11-6-4-3-5-7-11)16(20)18-13-8-12(17)14(19(21)22)9-15(13)23-2/h3-10H,1-2H3,(H,18,20). The van der Waals surface area contributed by atoms with Crippen LogP contribution in [0.4, 0.5) is 11.4 Å². The maximum atomic E-state index is 12.4. The van der Waals surface area contributed by atoms with Crippen molar-refractivity contribution in [3.05, 3.63) is 63.2 Å². The molecule has 0 fully saturated rings. The number of benzene rings is 2. The molecule has 2 aromatic rings. The van der Waals surface area contributed by atoms with Gasteiger partial charge in [-0.3, -0.25) is 14.9 Å². The summed E-state index contributed by atoms with van der Waals surface area (Å²) < 4.78 is 5.10. The first-order valence-corrected chi connectivity index (χ1v) is 7.19. The van der Waals surface area contributed by atoms with Crippen LogP contribution in [0.15, 0.2) is 42.5 Å². The Bertz CT molecular complexity index is 734. The van der Waals surface area contributed by atoms with Gasteiger partial charge in [-0.25, -0.2) is 0 Å². The summed E-state index contributed by atoms with van der Waals surface area (Å²) in [5.74, 6) is -0.482. The number of anilines is 1. The minimum atomic E-state index is -0.608. The summed E-state index contributed by atoms with van der Waals surface area (Å²) in [4.78, 5) is 22.7. The SMILES string of the molecule is COc1cc([N+](=O)[O-])c(Cl)cc1NC(=O)C(C)c1ccccc1. The number of nitrogens with one attached hydrogen (secondary N) is 1. The number of ether oxygens (including phenoxy) is 1. The molecular formula is C16H15ClN2O4. The summed E-state index contributed by atoms with van der Waals surface area (Å²) in [5.41, 5.74) is 0.866. The number of nitro groups is 1. The minimum Gasteiger partial charge on any atom is -0.494 e. The number of halogens is 1. The van der Waals surface area contributed by atoms with Crippen molar-refractivity contribution in [3.63, 3.8) is 0 Å². The first-order chi connectivity index (χ1) is 10.9. The lowest BCUT2D eigenvalue weighted by atomic mass is 10.0. The molecule has 1 amide bonds. The van der Waals surface area contributed by atoms with Gasteiger partial charge in [0.25, 0.3) is 5.69 Å². The molecule has 2 rings (SSSR count). The molecule has 0 aliphatic carbocycles. The third-order valence-electron chi connectivity index (χ3n) is 3.42. The summed E-state index contributed by atoms with van der Waals surface area (Å²) in [5, 5.41) is 13.5. The summed E-state index contributed by atoms with van der Waals surface area (Å²) in [6, 6.07) is 11.8. The van der Waals surface area contributed by atoms with Crippen LogP contribution in [0.3, 0.4) is 0 Å². The maximum absolute atomic E-state index is 12.4. The Labute approximate surface area is 138 Å². The van der Waals surface area contributed by atoms with E-state index in [4.69, 9.17) is 16.3 Å². The van der Waals surface area contributed by atoms with E-state index in [0.717, 1.165) is 5.56 Å². The summed E-state index contributed by atoms with van der Waals surface area (Å²) in [7, 11) is 1.36. The molecule has 0 aromatic heterocycles. The van der Waals surface area contributed by atoms with Crippen molar-refractivity contribution in [1.29, 1.82) is 0 Å². The second-order valence-electron chi connectivity index (χ2n) is 4.88. The molecule has 0 spiro atoms. The van der Waals surface area contributed by atoms with Gasteiger partial charge in [-0.1, -0.05) is 41.9 Å². The molecule has 2 aromatic carbocycles.